The Balaban J connectivity index is 2.51. The van der Waals surface area contributed by atoms with Crippen LogP contribution in [0.1, 0.15) is 23.0 Å². The van der Waals surface area contributed by atoms with Crippen molar-refractivity contribution in [2.75, 3.05) is 14.2 Å². The average Bonchev–Trinajstić information content (AvgIpc) is 2.72. The number of hydrogen-bond acceptors (Lipinski definition) is 3. The van der Waals surface area contributed by atoms with Gasteiger partial charge in [-0.3, -0.25) is 4.68 Å². The SMILES string of the molecule is CNC(c1cccc(OC)c1F)c1cc(C)nn1C. The topological polar surface area (TPSA) is 39.1 Å². The van der Waals surface area contributed by atoms with E-state index in [4.69, 9.17) is 4.74 Å². The summed E-state index contributed by atoms with van der Waals surface area (Å²) in [6, 6.07) is 6.83. The molecule has 0 fully saturated rings. The molecule has 0 spiro atoms. The van der Waals surface area contributed by atoms with Crippen LogP contribution in [0.15, 0.2) is 24.3 Å². The van der Waals surface area contributed by atoms with Gasteiger partial charge in [-0.25, -0.2) is 4.39 Å². The Hall–Kier alpha value is -1.88. The van der Waals surface area contributed by atoms with Crippen LogP contribution in [-0.2, 0) is 7.05 Å². The lowest BCUT2D eigenvalue weighted by molar-refractivity contribution is 0.381. The highest BCUT2D eigenvalue weighted by Gasteiger charge is 2.21. The van der Waals surface area contributed by atoms with Crippen molar-refractivity contribution in [1.29, 1.82) is 0 Å². The molecule has 0 aliphatic heterocycles. The van der Waals surface area contributed by atoms with Crippen molar-refractivity contribution in [2.24, 2.45) is 7.05 Å². The highest BCUT2D eigenvalue weighted by molar-refractivity contribution is 5.37. The van der Waals surface area contributed by atoms with Crippen LogP contribution in [0.25, 0.3) is 0 Å². The first-order valence-corrected chi connectivity index (χ1v) is 6.08. The molecular weight excluding hydrogens is 245 g/mol. The normalized spacial score (nSPS) is 12.5. The Labute approximate surface area is 112 Å². The highest BCUT2D eigenvalue weighted by Crippen LogP contribution is 2.29. The third-order valence-electron chi connectivity index (χ3n) is 3.15. The number of hydrogen-bond donors (Lipinski definition) is 1. The van der Waals surface area contributed by atoms with E-state index in [-0.39, 0.29) is 17.6 Å². The first kappa shape index (κ1) is 13.5. The zero-order chi connectivity index (χ0) is 14.0. The van der Waals surface area contributed by atoms with Crippen LogP contribution >= 0.6 is 0 Å². The van der Waals surface area contributed by atoms with E-state index in [1.54, 1.807) is 29.9 Å². The Kier molecular flexibility index (Phi) is 3.85. The molecule has 1 N–H and O–H groups in total. The number of benzene rings is 1. The number of rotatable bonds is 4. The van der Waals surface area contributed by atoms with Crippen molar-refractivity contribution in [2.45, 2.75) is 13.0 Å². The molecule has 0 amide bonds. The van der Waals surface area contributed by atoms with Crippen LogP contribution in [0, 0.1) is 12.7 Å². The van der Waals surface area contributed by atoms with Gasteiger partial charge in [-0.05, 0) is 26.1 Å². The van der Waals surface area contributed by atoms with E-state index in [2.05, 4.69) is 10.4 Å². The van der Waals surface area contributed by atoms with Gasteiger partial charge in [0.05, 0.1) is 24.5 Å². The molecule has 1 heterocycles. The number of aromatic nitrogens is 2. The lowest BCUT2D eigenvalue weighted by atomic mass is 10.0. The van der Waals surface area contributed by atoms with Gasteiger partial charge in [-0.2, -0.15) is 5.10 Å². The Morgan fingerprint density at radius 1 is 1.42 bits per heavy atom. The molecule has 1 aromatic carbocycles. The van der Waals surface area contributed by atoms with E-state index in [0.717, 1.165) is 11.4 Å². The summed E-state index contributed by atoms with van der Waals surface area (Å²) in [6.45, 7) is 1.91. The molecule has 0 aliphatic carbocycles. The summed E-state index contributed by atoms with van der Waals surface area (Å²) >= 11 is 0. The number of methoxy groups -OCH3 is 1. The molecular formula is C14H18FN3O. The van der Waals surface area contributed by atoms with Gasteiger partial charge >= 0.3 is 0 Å². The molecule has 0 radical (unpaired) electrons. The fourth-order valence-electron chi connectivity index (χ4n) is 2.27. The molecule has 0 saturated carbocycles. The fraction of sp³-hybridized carbons (Fsp3) is 0.357. The van der Waals surface area contributed by atoms with Crippen molar-refractivity contribution in [3.63, 3.8) is 0 Å². The largest absolute Gasteiger partial charge is 0.494 e. The third-order valence-corrected chi connectivity index (χ3v) is 3.15. The van der Waals surface area contributed by atoms with E-state index < -0.39 is 0 Å². The molecule has 19 heavy (non-hydrogen) atoms. The second-order valence-electron chi connectivity index (χ2n) is 4.42. The van der Waals surface area contributed by atoms with Gasteiger partial charge in [0.15, 0.2) is 11.6 Å². The lowest BCUT2D eigenvalue weighted by Crippen LogP contribution is -2.21. The summed E-state index contributed by atoms with van der Waals surface area (Å²) < 4.78 is 21.1. The summed E-state index contributed by atoms with van der Waals surface area (Å²) in [7, 11) is 5.11. The molecule has 2 rings (SSSR count). The Morgan fingerprint density at radius 2 is 2.16 bits per heavy atom. The molecule has 0 bridgehead atoms. The zero-order valence-corrected chi connectivity index (χ0v) is 11.6. The minimum absolute atomic E-state index is 0.247. The van der Waals surface area contributed by atoms with E-state index in [9.17, 15) is 4.39 Å². The number of halogens is 1. The number of nitrogens with one attached hydrogen (secondary N) is 1. The zero-order valence-electron chi connectivity index (χ0n) is 11.6. The maximum Gasteiger partial charge on any atom is 0.170 e. The predicted molar refractivity (Wildman–Crippen MR) is 71.8 cm³/mol. The van der Waals surface area contributed by atoms with Gasteiger partial charge in [-0.1, -0.05) is 12.1 Å². The monoisotopic (exact) mass is 263 g/mol. The highest BCUT2D eigenvalue weighted by atomic mass is 19.1. The predicted octanol–water partition coefficient (Wildman–Crippen LogP) is 2.19. The maximum absolute atomic E-state index is 14.3. The van der Waals surface area contributed by atoms with Gasteiger partial charge in [0.2, 0.25) is 0 Å². The first-order chi connectivity index (χ1) is 9.08. The second-order valence-corrected chi connectivity index (χ2v) is 4.42. The van der Waals surface area contributed by atoms with Crippen LogP contribution < -0.4 is 10.1 Å². The molecule has 1 unspecified atom stereocenters. The fourth-order valence-corrected chi connectivity index (χ4v) is 2.27. The summed E-state index contributed by atoms with van der Waals surface area (Å²) in [5.74, 6) is -0.0974. The van der Waals surface area contributed by atoms with Gasteiger partial charge in [0, 0.05) is 12.6 Å². The van der Waals surface area contributed by atoms with Crippen molar-refractivity contribution >= 4 is 0 Å². The Morgan fingerprint density at radius 3 is 2.68 bits per heavy atom. The average molecular weight is 263 g/mol. The molecule has 2 aromatic rings. The quantitative estimate of drug-likeness (QED) is 0.919. The molecule has 5 heteroatoms. The molecule has 102 valence electrons. The maximum atomic E-state index is 14.3. The summed E-state index contributed by atoms with van der Waals surface area (Å²) in [5.41, 5.74) is 2.36. The smallest absolute Gasteiger partial charge is 0.170 e. The molecule has 0 saturated heterocycles. The van der Waals surface area contributed by atoms with Crippen LogP contribution in [0.2, 0.25) is 0 Å². The van der Waals surface area contributed by atoms with Crippen molar-refractivity contribution in [3.05, 3.63) is 47.0 Å². The number of aryl methyl sites for hydroxylation is 2. The van der Waals surface area contributed by atoms with Crippen LogP contribution in [0.5, 0.6) is 5.75 Å². The van der Waals surface area contributed by atoms with Gasteiger partial charge in [0.1, 0.15) is 0 Å². The third kappa shape index (κ3) is 2.46. The summed E-state index contributed by atoms with van der Waals surface area (Å²) in [5, 5.41) is 7.43. The lowest BCUT2D eigenvalue weighted by Gasteiger charge is -2.18. The molecule has 4 nitrogen and oxygen atoms in total. The second kappa shape index (κ2) is 5.40. The van der Waals surface area contributed by atoms with Gasteiger partial charge in [-0.15, -0.1) is 0 Å². The van der Waals surface area contributed by atoms with Crippen LogP contribution in [0.3, 0.4) is 0 Å². The minimum atomic E-state index is -0.344. The van der Waals surface area contributed by atoms with E-state index >= 15 is 0 Å². The Bertz CT molecular complexity index is 580. The molecule has 1 aromatic heterocycles. The number of ether oxygens (including phenoxy) is 1. The minimum Gasteiger partial charge on any atom is -0.494 e. The van der Waals surface area contributed by atoms with Gasteiger partial charge < -0.3 is 10.1 Å². The number of nitrogens with zero attached hydrogens (tertiary/aromatic N) is 2. The van der Waals surface area contributed by atoms with Crippen LogP contribution in [-0.4, -0.2) is 23.9 Å². The van der Waals surface area contributed by atoms with E-state index in [0.29, 0.717) is 5.56 Å². The van der Waals surface area contributed by atoms with Crippen molar-refractivity contribution < 1.29 is 9.13 Å². The van der Waals surface area contributed by atoms with Gasteiger partial charge in [0.25, 0.3) is 0 Å². The molecule has 0 aliphatic rings. The van der Waals surface area contributed by atoms with E-state index in [1.807, 2.05) is 20.0 Å². The molecule has 1 atom stereocenters. The van der Waals surface area contributed by atoms with Crippen molar-refractivity contribution in [3.8, 4) is 5.75 Å². The summed E-state index contributed by atoms with van der Waals surface area (Å²) in [4.78, 5) is 0. The standard InChI is InChI=1S/C14H18FN3O/c1-9-8-11(18(3)17-9)14(16-2)10-6-5-7-12(19-4)13(10)15/h5-8,14,16H,1-4H3. The summed E-state index contributed by atoms with van der Waals surface area (Å²) in [6.07, 6.45) is 0. The first-order valence-electron chi connectivity index (χ1n) is 6.08. The van der Waals surface area contributed by atoms with E-state index in [1.165, 1.54) is 7.11 Å². The van der Waals surface area contributed by atoms with Crippen molar-refractivity contribution in [1.82, 2.24) is 15.1 Å². The van der Waals surface area contributed by atoms with Crippen LogP contribution in [0.4, 0.5) is 4.39 Å².